The van der Waals surface area contributed by atoms with Gasteiger partial charge in [-0.05, 0) is 43.7 Å². The highest BCUT2D eigenvalue weighted by Gasteiger charge is 2.32. The number of aromatic nitrogens is 1. The van der Waals surface area contributed by atoms with Gasteiger partial charge in [-0.25, -0.2) is 4.98 Å². The molecule has 3 heterocycles. The van der Waals surface area contributed by atoms with Gasteiger partial charge in [0.05, 0.1) is 6.07 Å². The van der Waals surface area contributed by atoms with Crippen LogP contribution < -0.4 is 4.90 Å². The van der Waals surface area contributed by atoms with Gasteiger partial charge in [0.25, 0.3) is 0 Å². The van der Waals surface area contributed by atoms with Gasteiger partial charge in [0.1, 0.15) is 5.82 Å². The molecule has 1 atom stereocenters. The second kappa shape index (κ2) is 7.64. The molecule has 2 aliphatic rings. The Morgan fingerprint density at radius 1 is 1.20 bits per heavy atom. The van der Waals surface area contributed by atoms with E-state index in [2.05, 4.69) is 16.8 Å². The van der Waals surface area contributed by atoms with Crippen molar-refractivity contribution in [1.82, 2.24) is 9.88 Å². The highest BCUT2D eigenvalue weighted by atomic mass is 16.2. The molecule has 0 aliphatic carbocycles. The van der Waals surface area contributed by atoms with Gasteiger partial charge in [0.15, 0.2) is 11.7 Å². The molecule has 3 rings (SSSR count). The molecule has 1 aromatic heterocycles. The molecular weight excluding hydrogens is 316 g/mol. The minimum absolute atomic E-state index is 0.327. The van der Waals surface area contributed by atoms with E-state index in [9.17, 15) is 14.9 Å². The van der Waals surface area contributed by atoms with E-state index in [-0.39, 0.29) is 5.91 Å². The smallest absolute Gasteiger partial charge is 0.247 e. The number of nitriles is 1. The van der Waals surface area contributed by atoms with Gasteiger partial charge >= 0.3 is 0 Å². The van der Waals surface area contributed by atoms with Crippen LogP contribution in [0.4, 0.5) is 5.82 Å². The van der Waals surface area contributed by atoms with Crippen LogP contribution in [0.2, 0.25) is 0 Å². The van der Waals surface area contributed by atoms with Crippen molar-refractivity contribution in [2.75, 3.05) is 31.1 Å². The minimum Gasteiger partial charge on any atom is -0.357 e. The summed E-state index contributed by atoms with van der Waals surface area (Å²) in [5.41, 5.74) is 0.327. The van der Waals surface area contributed by atoms with Crippen LogP contribution in [-0.4, -0.2) is 47.8 Å². The van der Waals surface area contributed by atoms with Gasteiger partial charge in [0.2, 0.25) is 5.91 Å². The van der Waals surface area contributed by atoms with Crippen LogP contribution in [0, 0.1) is 23.2 Å². The third-order valence-electron chi connectivity index (χ3n) is 5.20. The molecule has 0 bridgehead atoms. The molecule has 2 fully saturated rings. The van der Waals surface area contributed by atoms with E-state index >= 15 is 0 Å². The summed E-state index contributed by atoms with van der Waals surface area (Å²) in [5, 5.41) is 9.32. The molecule has 2 saturated heterocycles. The van der Waals surface area contributed by atoms with Gasteiger partial charge in [-0.15, -0.1) is 0 Å². The largest absolute Gasteiger partial charge is 0.357 e. The van der Waals surface area contributed by atoms with Crippen LogP contribution in [0.1, 0.15) is 43.0 Å². The van der Waals surface area contributed by atoms with Crippen molar-refractivity contribution in [2.45, 2.75) is 32.6 Å². The van der Waals surface area contributed by atoms with Crippen molar-refractivity contribution < 1.29 is 9.59 Å². The van der Waals surface area contributed by atoms with Gasteiger partial charge in [0, 0.05) is 37.9 Å². The summed E-state index contributed by atoms with van der Waals surface area (Å²) < 4.78 is 0. The Morgan fingerprint density at radius 2 is 1.88 bits per heavy atom. The van der Waals surface area contributed by atoms with Crippen LogP contribution in [0.5, 0.6) is 0 Å². The van der Waals surface area contributed by atoms with Crippen molar-refractivity contribution in [2.24, 2.45) is 11.8 Å². The summed E-state index contributed by atoms with van der Waals surface area (Å²) in [4.78, 5) is 33.2. The summed E-state index contributed by atoms with van der Waals surface area (Å²) in [7, 11) is 0. The lowest BCUT2D eigenvalue weighted by atomic mass is 9.98. The number of carbonyl (C=O) groups is 2. The summed E-state index contributed by atoms with van der Waals surface area (Å²) in [6, 6.07) is 5.38. The van der Waals surface area contributed by atoms with E-state index in [0.29, 0.717) is 18.7 Å². The van der Waals surface area contributed by atoms with Crippen molar-refractivity contribution >= 4 is 17.5 Å². The molecule has 6 heteroatoms. The second-order valence-electron chi connectivity index (χ2n) is 7.03. The Kier molecular flexibility index (Phi) is 5.32. The van der Waals surface area contributed by atoms with Crippen LogP contribution >= 0.6 is 0 Å². The van der Waals surface area contributed by atoms with E-state index in [1.54, 1.807) is 11.0 Å². The summed E-state index contributed by atoms with van der Waals surface area (Å²) in [6.45, 7) is 5.46. The number of likely N-dealkylation sites (tertiary alicyclic amines) is 1. The standard InChI is InChI=1S/C19H24N4O2/c1-14-6-10-22(11-7-14)17-5-4-15(13-21-17)18(24)16(12-20)19(25)23-8-2-3-9-23/h4-5,13-14,16H,2-3,6-11H2,1H3/t16-/m0/s1. The number of rotatable bonds is 4. The van der Waals surface area contributed by atoms with Crippen molar-refractivity contribution in [1.29, 1.82) is 5.26 Å². The summed E-state index contributed by atoms with van der Waals surface area (Å²) in [5.74, 6) is -0.501. The number of amides is 1. The van der Waals surface area contributed by atoms with Gasteiger partial charge < -0.3 is 9.80 Å². The first kappa shape index (κ1) is 17.4. The highest BCUT2D eigenvalue weighted by molar-refractivity contribution is 6.12. The molecule has 0 N–H and O–H groups in total. The van der Waals surface area contributed by atoms with Crippen LogP contribution in [0.3, 0.4) is 0 Å². The number of nitrogens with zero attached hydrogens (tertiary/aromatic N) is 4. The molecule has 0 saturated carbocycles. The van der Waals surface area contributed by atoms with E-state index in [4.69, 9.17) is 0 Å². The molecule has 132 valence electrons. The number of Topliss-reactive ketones (excluding diaryl/α,β-unsaturated/α-hetero) is 1. The quantitative estimate of drug-likeness (QED) is 0.621. The maximum Gasteiger partial charge on any atom is 0.247 e. The molecule has 0 spiro atoms. The molecule has 0 aromatic carbocycles. The van der Waals surface area contributed by atoms with Gasteiger partial charge in [-0.2, -0.15) is 5.26 Å². The fraction of sp³-hybridized carbons (Fsp3) is 0.579. The maximum absolute atomic E-state index is 12.6. The molecule has 1 amide bonds. The van der Waals surface area contributed by atoms with E-state index in [1.807, 2.05) is 12.1 Å². The Hall–Kier alpha value is -2.42. The Balaban J connectivity index is 1.69. The zero-order chi connectivity index (χ0) is 17.8. The monoisotopic (exact) mass is 340 g/mol. The first-order valence-electron chi connectivity index (χ1n) is 9.04. The number of carbonyl (C=O) groups excluding carboxylic acids is 2. The first-order chi connectivity index (χ1) is 12.1. The number of piperidine rings is 1. The average molecular weight is 340 g/mol. The predicted molar refractivity (Wildman–Crippen MR) is 94.1 cm³/mol. The number of hydrogen-bond donors (Lipinski definition) is 0. The summed E-state index contributed by atoms with van der Waals surface area (Å²) >= 11 is 0. The number of anilines is 1. The Morgan fingerprint density at radius 3 is 2.44 bits per heavy atom. The fourth-order valence-electron chi connectivity index (χ4n) is 3.47. The third kappa shape index (κ3) is 3.81. The molecule has 0 radical (unpaired) electrons. The second-order valence-corrected chi connectivity index (χ2v) is 7.03. The highest BCUT2D eigenvalue weighted by Crippen LogP contribution is 2.22. The van der Waals surface area contributed by atoms with Crippen LogP contribution in [0.15, 0.2) is 18.3 Å². The number of ketones is 1. The predicted octanol–water partition coefficient (Wildman–Crippen LogP) is 2.26. The lowest BCUT2D eigenvalue weighted by Gasteiger charge is -2.31. The lowest BCUT2D eigenvalue weighted by molar-refractivity contribution is -0.131. The molecule has 6 nitrogen and oxygen atoms in total. The van der Waals surface area contributed by atoms with E-state index < -0.39 is 11.7 Å². The van der Waals surface area contributed by atoms with Crippen molar-refractivity contribution in [3.63, 3.8) is 0 Å². The third-order valence-corrected chi connectivity index (χ3v) is 5.20. The SMILES string of the molecule is CC1CCN(c2ccc(C(=O)[C@H](C#N)C(=O)N3CCCC3)cn2)CC1. The van der Waals surface area contributed by atoms with Crippen molar-refractivity contribution in [3.8, 4) is 6.07 Å². The lowest BCUT2D eigenvalue weighted by Crippen LogP contribution is -2.37. The zero-order valence-electron chi connectivity index (χ0n) is 14.6. The molecular formula is C19H24N4O2. The topological polar surface area (TPSA) is 77.3 Å². The van der Waals surface area contributed by atoms with Gasteiger partial charge in [-0.3, -0.25) is 9.59 Å². The molecule has 1 aromatic rings. The zero-order valence-corrected chi connectivity index (χ0v) is 14.6. The Labute approximate surface area is 148 Å². The van der Waals surface area contributed by atoms with Crippen molar-refractivity contribution in [3.05, 3.63) is 23.9 Å². The molecule has 25 heavy (non-hydrogen) atoms. The fourth-order valence-corrected chi connectivity index (χ4v) is 3.47. The van der Waals surface area contributed by atoms with E-state index in [0.717, 1.165) is 50.5 Å². The van der Waals surface area contributed by atoms with E-state index in [1.165, 1.54) is 6.20 Å². The summed E-state index contributed by atoms with van der Waals surface area (Å²) in [6.07, 6.45) is 5.65. The first-order valence-corrected chi connectivity index (χ1v) is 9.04. The van der Waals surface area contributed by atoms with Crippen LogP contribution in [0.25, 0.3) is 0 Å². The molecule has 2 aliphatic heterocycles. The normalized spacial score (nSPS) is 19.5. The van der Waals surface area contributed by atoms with Gasteiger partial charge in [-0.1, -0.05) is 6.92 Å². The van der Waals surface area contributed by atoms with Crippen LogP contribution in [-0.2, 0) is 4.79 Å². The molecule has 0 unspecified atom stereocenters. The number of pyridine rings is 1. The number of hydrogen-bond acceptors (Lipinski definition) is 5. The average Bonchev–Trinajstić information content (AvgIpc) is 3.17. The Bertz CT molecular complexity index is 666. The minimum atomic E-state index is -1.26. The maximum atomic E-state index is 12.6.